The van der Waals surface area contributed by atoms with Crippen LogP contribution >= 0.6 is 11.8 Å². The predicted octanol–water partition coefficient (Wildman–Crippen LogP) is 2.02. The van der Waals surface area contributed by atoms with Gasteiger partial charge in [-0.3, -0.25) is 14.2 Å². The first-order chi connectivity index (χ1) is 13.6. The lowest BCUT2D eigenvalue weighted by Crippen LogP contribution is -2.16. The topological polar surface area (TPSA) is 140 Å². The molecule has 2 aromatic heterocycles. The van der Waals surface area contributed by atoms with Gasteiger partial charge in [-0.05, 0) is 30.3 Å². The fourth-order valence-corrected chi connectivity index (χ4v) is 3.17. The summed E-state index contributed by atoms with van der Waals surface area (Å²) in [5, 5.41) is 20.3. The van der Waals surface area contributed by atoms with E-state index in [-0.39, 0.29) is 24.6 Å². The average Bonchev–Trinajstić information content (AvgIpc) is 3.34. The van der Waals surface area contributed by atoms with Crippen molar-refractivity contribution in [1.29, 1.82) is 5.26 Å². The van der Waals surface area contributed by atoms with E-state index in [1.807, 2.05) is 6.07 Å². The summed E-state index contributed by atoms with van der Waals surface area (Å²) in [6.07, 6.45) is 1.62. The molecule has 2 heterocycles. The van der Waals surface area contributed by atoms with Crippen LogP contribution in [0.3, 0.4) is 0 Å². The minimum Gasteiger partial charge on any atom is -0.461 e. The average molecular weight is 396 g/mol. The molecule has 0 aliphatic rings. The molecule has 0 saturated heterocycles. The maximum absolute atomic E-state index is 12.2. The number of benzene rings is 1. The number of hydrogen-bond acceptors (Lipinski definition) is 7. The molecule has 1 aromatic carbocycles. The number of carbonyl (C=O) groups excluding carboxylic acids is 2. The third-order valence-electron chi connectivity index (χ3n) is 3.65. The zero-order valence-corrected chi connectivity index (χ0v) is 15.5. The van der Waals surface area contributed by atoms with Gasteiger partial charge in [0.2, 0.25) is 11.8 Å². The number of carbonyl (C=O) groups is 2. The highest BCUT2D eigenvalue weighted by atomic mass is 32.2. The number of primary amides is 1. The molecule has 0 radical (unpaired) electrons. The monoisotopic (exact) mass is 396 g/mol. The second kappa shape index (κ2) is 8.88. The molecule has 9 nitrogen and oxygen atoms in total. The normalized spacial score (nSPS) is 10.4. The maximum atomic E-state index is 12.2. The summed E-state index contributed by atoms with van der Waals surface area (Å²) in [6, 6.07) is 12.1. The molecular formula is C18H16N6O3S. The van der Waals surface area contributed by atoms with Crippen molar-refractivity contribution in [3.63, 3.8) is 0 Å². The quantitative estimate of drug-likeness (QED) is 0.555. The van der Waals surface area contributed by atoms with E-state index in [2.05, 4.69) is 15.5 Å². The van der Waals surface area contributed by atoms with Crippen molar-refractivity contribution in [2.75, 3.05) is 11.1 Å². The molecule has 0 aliphatic carbocycles. The lowest BCUT2D eigenvalue weighted by molar-refractivity contribution is -0.118. The second-order valence-electron chi connectivity index (χ2n) is 5.68. The molecule has 0 aliphatic heterocycles. The van der Waals surface area contributed by atoms with Gasteiger partial charge in [0.15, 0.2) is 16.7 Å². The largest absolute Gasteiger partial charge is 0.461 e. The van der Waals surface area contributed by atoms with Crippen LogP contribution < -0.4 is 11.1 Å². The molecule has 10 heteroatoms. The van der Waals surface area contributed by atoms with Gasteiger partial charge in [-0.1, -0.05) is 17.8 Å². The zero-order chi connectivity index (χ0) is 19.9. The number of amides is 2. The van der Waals surface area contributed by atoms with Gasteiger partial charge in [-0.25, -0.2) is 0 Å². The van der Waals surface area contributed by atoms with Crippen molar-refractivity contribution in [1.82, 2.24) is 14.8 Å². The zero-order valence-electron chi connectivity index (χ0n) is 14.7. The number of furan rings is 1. The molecule has 0 atom stereocenters. The molecule has 3 N–H and O–H groups in total. The van der Waals surface area contributed by atoms with Gasteiger partial charge in [0.1, 0.15) is 0 Å². The Morgan fingerprint density at radius 1 is 1.29 bits per heavy atom. The van der Waals surface area contributed by atoms with Crippen molar-refractivity contribution >= 4 is 29.3 Å². The third-order valence-corrected chi connectivity index (χ3v) is 4.61. The van der Waals surface area contributed by atoms with Crippen molar-refractivity contribution in [2.24, 2.45) is 5.73 Å². The number of nitrogens with one attached hydrogen (secondary N) is 1. The van der Waals surface area contributed by atoms with Crippen molar-refractivity contribution in [3.8, 4) is 17.7 Å². The Morgan fingerprint density at radius 3 is 2.86 bits per heavy atom. The summed E-state index contributed by atoms with van der Waals surface area (Å²) in [4.78, 5) is 23.4. The highest BCUT2D eigenvalue weighted by molar-refractivity contribution is 7.99. The van der Waals surface area contributed by atoms with E-state index in [0.29, 0.717) is 28.0 Å². The summed E-state index contributed by atoms with van der Waals surface area (Å²) >= 11 is 1.17. The number of rotatable bonds is 8. The Kier molecular flexibility index (Phi) is 6.08. The van der Waals surface area contributed by atoms with Crippen LogP contribution in [0, 0.1) is 11.3 Å². The lowest BCUT2D eigenvalue weighted by Gasteiger charge is -2.08. The van der Waals surface area contributed by atoms with Crippen molar-refractivity contribution in [3.05, 3.63) is 48.2 Å². The molecule has 142 valence electrons. The van der Waals surface area contributed by atoms with E-state index in [1.165, 1.54) is 18.0 Å². The van der Waals surface area contributed by atoms with Crippen LogP contribution in [0.1, 0.15) is 12.0 Å². The molecule has 0 fully saturated rings. The second-order valence-corrected chi connectivity index (χ2v) is 6.62. The Labute approximate surface area is 164 Å². The molecular weight excluding hydrogens is 380 g/mol. The Balaban J connectivity index is 1.70. The van der Waals surface area contributed by atoms with Gasteiger partial charge in [0.25, 0.3) is 0 Å². The Hall–Kier alpha value is -3.58. The summed E-state index contributed by atoms with van der Waals surface area (Å²) in [5.41, 5.74) is 6.25. The highest BCUT2D eigenvalue weighted by Gasteiger charge is 2.18. The standard InChI is InChI=1S/C18H16N6O3S/c19-10-12-3-1-4-13(9-12)21-16(26)11-28-18-23-22-17(14-5-2-8-27-14)24(18)7-6-15(20)25/h1-5,8-9H,6-7,11H2,(H2,20,25)(H,21,26). The first kappa shape index (κ1) is 19.2. The number of nitrogens with zero attached hydrogens (tertiary/aromatic N) is 4. The third kappa shape index (κ3) is 4.77. The van der Waals surface area contributed by atoms with Crippen LogP contribution in [0.5, 0.6) is 0 Å². The highest BCUT2D eigenvalue weighted by Crippen LogP contribution is 2.25. The van der Waals surface area contributed by atoms with Crippen LogP contribution in [0.4, 0.5) is 5.69 Å². The SMILES string of the molecule is N#Cc1cccc(NC(=O)CSc2nnc(-c3ccco3)n2CCC(N)=O)c1. The van der Waals surface area contributed by atoms with E-state index in [4.69, 9.17) is 15.4 Å². The maximum Gasteiger partial charge on any atom is 0.234 e. The van der Waals surface area contributed by atoms with Gasteiger partial charge in [-0.15, -0.1) is 10.2 Å². The number of hydrogen-bond donors (Lipinski definition) is 2. The van der Waals surface area contributed by atoms with Crippen LogP contribution in [0.15, 0.2) is 52.2 Å². The number of thioether (sulfide) groups is 1. The van der Waals surface area contributed by atoms with Crippen LogP contribution in [0.25, 0.3) is 11.6 Å². The lowest BCUT2D eigenvalue weighted by atomic mass is 10.2. The van der Waals surface area contributed by atoms with Gasteiger partial charge in [-0.2, -0.15) is 5.26 Å². The summed E-state index contributed by atoms with van der Waals surface area (Å²) < 4.78 is 7.04. The predicted molar refractivity (Wildman–Crippen MR) is 102 cm³/mol. The van der Waals surface area contributed by atoms with Crippen LogP contribution in [0.2, 0.25) is 0 Å². The minimum absolute atomic E-state index is 0.0731. The Bertz CT molecular complexity index is 1020. The fourth-order valence-electron chi connectivity index (χ4n) is 2.40. The van der Waals surface area contributed by atoms with E-state index in [1.54, 1.807) is 41.0 Å². The summed E-state index contributed by atoms with van der Waals surface area (Å²) in [7, 11) is 0. The summed E-state index contributed by atoms with van der Waals surface area (Å²) in [6.45, 7) is 0.270. The number of nitriles is 1. The number of anilines is 1. The van der Waals surface area contributed by atoms with Gasteiger partial charge in [0, 0.05) is 18.7 Å². The van der Waals surface area contributed by atoms with E-state index >= 15 is 0 Å². The Morgan fingerprint density at radius 2 is 2.14 bits per heavy atom. The van der Waals surface area contributed by atoms with E-state index < -0.39 is 5.91 Å². The molecule has 0 bridgehead atoms. The molecule has 28 heavy (non-hydrogen) atoms. The van der Waals surface area contributed by atoms with Crippen molar-refractivity contribution in [2.45, 2.75) is 18.1 Å². The molecule has 0 saturated carbocycles. The van der Waals surface area contributed by atoms with Gasteiger partial charge < -0.3 is 15.5 Å². The first-order valence-electron chi connectivity index (χ1n) is 8.25. The molecule has 0 unspecified atom stereocenters. The van der Waals surface area contributed by atoms with E-state index in [9.17, 15) is 9.59 Å². The van der Waals surface area contributed by atoms with Gasteiger partial charge >= 0.3 is 0 Å². The van der Waals surface area contributed by atoms with Gasteiger partial charge in [0.05, 0.1) is 23.6 Å². The van der Waals surface area contributed by atoms with Crippen molar-refractivity contribution < 1.29 is 14.0 Å². The van der Waals surface area contributed by atoms with E-state index in [0.717, 1.165) is 0 Å². The smallest absolute Gasteiger partial charge is 0.234 e. The molecule has 3 rings (SSSR count). The first-order valence-corrected chi connectivity index (χ1v) is 9.23. The number of nitrogens with two attached hydrogens (primary N) is 1. The summed E-state index contributed by atoms with van der Waals surface area (Å²) in [5.74, 6) is 0.315. The van der Waals surface area contributed by atoms with Crippen LogP contribution in [-0.4, -0.2) is 32.3 Å². The van der Waals surface area contributed by atoms with Crippen LogP contribution in [-0.2, 0) is 16.1 Å². The molecule has 3 aromatic rings. The fraction of sp³-hybridized carbons (Fsp3) is 0.167. The molecule has 0 spiro atoms. The molecule has 2 amide bonds. The minimum atomic E-state index is -0.454. The number of aromatic nitrogens is 3.